The standard InChI is InChI=1S/C10H8F3N3O2S2/c1-18-2-7-14-5(3-19-7)8(17)16-9-15-6(4-20-9)10(11,12)13/h3-4H,2H2,1H3,(H,15,16,17). The van der Waals surface area contributed by atoms with Crippen molar-refractivity contribution in [3.05, 3.63) is 27.2 Å². The molecule has 0 aromatic carbocycles. The van der Waals surface area contributed by atoms with E-state index in [-0.39, 0.29) is 17.4 Å². The maximum absolute atomic E-state index is 12.4. The lowest BCUT2D eigenvalue weighted by Crippen LogP contribution is -2.13. The van der Waals surface area contributed by atoms with Gasteiger partial charge in [-0.25, -0.2) is 9.97 Å². The van der Waals surface area contributed by atoms with Gasteiger partial charge in [-0.2, -0.15) is 13.2 Å². The molecule has 2 aromatic heterocycles. The topological polar surface area (TPSA) is 64.1 Å². The molecule has 1 amide bonds. The zero-order valence-electron chi connectivity index (χ0n) is 10.0. The Hall–Kier alpha value is -1.52. The van der Waals surface area contributed by atoms with E-state index in [0.29, 0.717) is 16.3 Å². The Morgan fingerprint density at radius 1 is 1.35 bits per heavy atom. The molecule has 0 saturated carbocycles. The van der Waals surface area contributed by atoms with Crippen LogP contribution in [0.2, 0.25) is 0 Å². The number of methoxy groups -OCH3 is 1. The van der Waals surface area contributed by atoms with Gasteiger partial charge in [0.15, 0.2) is 10.8 Å². The average Bonchev–Trinajstić information content (AvgIpc) is 2.97. The minimum Gasteiger partial charge on any atom is -0.378 e. The highest BCUT2D eigenvalue weighted by molar-refractivity contribution is 7.14. The normalized spacial score (nSPS) is 11.6. The van der Waals surface area contributed by atoms with E-state index in [1.807, 2.05) is 0 Å². The minimum atomic E-state index is -4.52. The summed E-state index contributed by atoms with van der Waals surface area (Å²) in [5.41, 5.74) is -0.915. The van der Waals surface area contributed by atoms with Crippen LogP contribution in [-0.4, -0.2) is 23.0 Å². The van der Waals surface area contributed by atoms with E-state index in [9.17, 15) is 18.0 Å². The zero-order chi connectivity index (χ0) is 14.8. The lowest BCUT2D eigenvalue weighted by molar-refractivity contribution is -0.140. The number of carbonyl (C=O) groups is 1. The van der Waals surface area contributed by atoms with E-state index < -0.39 is 17.8 Å². The van der Waals surface area contributed by atoms with E-state index in [1.165, 1.54) is 23.8 Å². The van der Waals surface area contributed by atoms with E-state index in [4.69, 9.17) is 4.74 Å². The van der Waals surface area contributed by atoms with Crippen LogP contribution in [0, 0.1) is 0 Å². The van der Waals surface area contributed by atoms with Crippen LogP contribution in [0.25, 0.3) is 0 Å². The molecular formula is C10H8F3N3O2S2. The largest absolute Gasteiger partial charge is 0.434 e. The number of nitrogens with one attached hydrogen (secondary N) is 1. The number of anilines is 1. The molecule has 0 spiro atoms. The molecule has 0 bridgehead atoms. The zero-order valence-corrected chi connectivity index (χ0v) is 11.7. The van der Waals surface area contributed by atoms with Gasteiger partial charge in [-0.1, -0.05) is 0 Å². The Morgan fingerprint density at radius 2 is 2.10 bits per heavy atom. The molecule has 1 N–H and O–H groups in total. The van der Waals surface area contributed by atoms with Crippen LogP contribution in [0.4, 0.5) is 18.3 Å². The second kappa shape index (κ2) is 5.85. The van der Waals surface area contributed by atoms with Crippen molar-refractivity contribution in [1.29, 1.82) is 0 Å². The second-order valence-corrected chi connectivity index (χ2v) is 5.35. The second-order valence-electron chi connectivity index (χ2n) is 3.55. The van der Waals surface area contributed by atoms with Crippen molar-refractivity contribution in [3.8, 4) is 0 Å². The Morgan fingerprint density at radius 3 is 2.70 bits per heavy atom. The number of halogens is 3. The van der Waals surface area contributed by atoms with E-state index >= 15 is 0 Å². The highest BCUT2D eigenvalue weighted by Gasteiger charge is 2.34. The monoisotopic (exact) mass is 323 g/mol. The third-order valence-electron chi connectivity index (χ3n) is 2.07. The molecule has 0 aliphatic rings. The van der Waals surface area contributed by atoms with Crippen LogP contribution in [0.15, 0.2) is 10.8 Å². The molecular weight excluding hydrogens is 315 g/mol. The summed E-state index contributed by atoms with van der Waals surface area (Å²) in [6, 6.07) is 0. The fraction of sp³-hybridized carbons (Fsp3) is 0.300. The number of rotatable bonds is 4. The van der Waals surface area contributed by atoms with E-state index in [0.717, 1.165) is 5.38 Å². The number of ether oxygens (including phenoxy) is 1. The highest BCUT2D eigenvalue weighted by Crippen LogP contribution is 2.31. The van der Waals surface area contributed by atoms with Crippen LogP contribution < -0.4 is 5.32 Å². The van der Waals surface area contributed by atoms with Gasteiger partial charge >= 0.3 is 6.18 Å². The maximum atomic E-state index is 12.4. The Labute approximate surface area is 119 Å². The number of alkyl halides is 3. The first kappa shape index (κ1) is 14.9. The first-order valence-corrected chi connectivity index (χ1v) is 6.93. The Bertz CT molecular complexity index is 609. The van der Waals surface area contributed by atoms with E-state index in [1.54, 1.807) is 0 Å². The van der Waals surface area contributed by atoms with Crippen LogP contribution in [0.3, 0.4) is 0 Å². The molecule has 0 unspecified atom stereocenters. The van der Waals surface area contributed by atoms with Gasteiger partial charge < -0.3 is 4.74 Å². The van der Waals surface area contributed by atoms with Crippen molar-refractivity contribution in [2.24, 2.45) is 0 Å². The van der Waals surface area contributed by atoms with Gasteiger partial charge in [-0.05, 0) is 0 Å². The Balaban J connectivity index is 2.05. The van der Waals surface area contributed by atoms with Gasteiger partial charge in [0.25, 0.3) is 5.91 Å². The van der Waals surface area contributed by atoms with Gasteiger partial charge in [0.2, 0.25) is 0 Å². The van der Waals surface area contributed by atoms with Crippen molar-refractivity contribution in [2.75, 3.05) is 12.4 Å². The average molecular weight is 323 g/mol. The van der Waals surface area contributed by atoms with Gasteiger partial charge in [0.1, 0.15) is 10.7 Å². The molecule has 2 aromatic rings. The maximum Gasteiger partial charge on any atom is 0.434 e. The summed E-state index contributed by atoms with van der Waals surface area (Å²) < 4.78 is 41.9. The fourth-order valence-electron chi connectivity index (χ4n) is 1.23. The molecule has 0 fully saturated rings. The molecule has 10 heteroatoms. The van der Waals surface area contributed by atoms with Gasteiger partial charge in [-0.3, -0.25) is 10.1 Å². The van der Waals surface area contributed by atoms with Crippen LogP contribution in [-0.2, 0) is 17.5 Å². The van der Waals surface area contributed by atoms with Crippen molar-refractivity contribution < 1.29 is 22.7 Å². The molecule has 20 heavy (non-hydrogen) atoms. The molecule has 2 rings (SSSR count). The number of thiazole rings is 2. The smallest absolute Gasteiger partial charge is 0.378 e. The first-order valence-electron chi connectivity index (χ1n) is 5.17. The summed E-state index contributed by atoms with van der Waals surface area (Å²) in [5.74, 6) is -0.605. The van der Waals surface area contributed by atoms with Crippen molar-refractivity contribution >= 4 is 33.7 Å². The van der Waals surface area contributed by atoms with Gasteiger partial charge in [0.05, 0.1) is 6.61 Å². The number of hydrogen-bond acceptors (Lipinski definition) is 6. The first-order chi connectivity index (χ1) is 9.40. The molecule has 0 saturated heterocycles. The van der Waals surface area contributed by atoms with E-state index in [2.05, 4.69) is 15.3 Å². The number of hydrogen-bond donors (Lipinski definition) is 1. The van der Waals surface area contributed by atoms with Gasteiger partial charge in [-0.15, -0.1) is 22.7 Å². The number of nitrogens with zero attached hydrogens (tertiary/aromatic N) is 2. The molecule has 0 aliphatic heterocycles. The molecule has 0 aliphatic carbocycles. The lowest BCUT2D eigenvalue weighted by atomic mass is 10.4. The predicted molar refractivity (Wildman–Crippen MR) is 67.9 cm³/mol. The van der Waals surface area contributed by atoms with Crippen LogP contribution in [0.5, 0.6) is 0 Å². The Kier molecular flexibility index (Phi) is 4.35. The van der Waals surface area contributed by atoms with Crippen molar-refractivity contribution in [1.82, 2.24) is 9.97 Å². The summed E-state index contributed by atoms with van der Waals surface area (Å²) >= 11 is 1.93. The molecule has 0 atom stereocenters. The molecule has 108 valence electrons. The SMILES string of the molecule is COCc1nc(C(=O)Nc2nc(C(F)(F)F)cs2)cs1. The minimum absolute atomic E-state index is 0.116. The third-order valence-corrected chi connectivity index (χ3v) is 3.65. The summed E-state index contributed by atoms with van der Waals surface area (Å²) in [6.45, 7) is 0.271. The summed E-state index contributed by atoms with van der Waals surface area (Å²) in [4.78, 5) is 19.1. The van der Waals surface area contributed by atoms with Crippen LogP contribution in [0.1, 0.15) is 21.2 Å². The fourth-order valence-corrected chi connectivity index (χ4v) is 2.68. The van der Waals surface area contributed by atoms with Crippen LogP contribution >= 0.6 is 22.7 Å². The molecule has 2 heterocycles. The summed E-state index contributed by atoms with van der Waals surface area (Å²) in [6.07, 6.45) is -4.52. The molecule has 0 radical (unpaired) electrons. The highest BCUT2D eigenvalue weighted by atomic mass is 32.1. The summed E-state index contributed by atoms with van der Waals surface area (Å²) in [5, 5.41) is 5.10. The summed E-state index contributed by atoms with van der Waals surface area (Å²) in [7, 11) is 1.50. The quantitative estimate of drug-likeness (QED) is 0.939. The van der Waals surface area contributed by atoms with Gasteiger partial charge in [0, 0.05) is 17.9 Å². The van der Waals surface area contributed by atoms with Crippen molar-refractivity contribution in [3.63, 3.8) is 0 Å². The number of aromatic nitrogens is 2. The lowest BCUT2D eigenvalue weighted by Gasteiger charge is -2.00. The molecule has 5 nitrogen and oxygen atoms in total. The third kappa shape index (κ3) is 3.52. The van der Waals surface area contributed by atoms with Crippen molar-refractivity contribution in [2.45, 2.75) is 12.8 Å². The number of amides is 1. The predicted octanol–water partition coefficient (Wildman–Crippen LogP) is 3.02. The number of carbonyl (C=O) groups excluding carboxylic acids is 1.